The molecule has 0 aromatic carbocycles. The summed E-state index contributed by atoms with van der Waals surface area (Å²) < 4.78 is 0. The van der Waals surface area contributed by atoms with Crippen LogP contribution in [-0.2, 0) is 0 Å². The molecule has 0 heterocycles. The Bertz CT molecular complexity index is 317. The first kappa shape index (κ1) is 10.0. The Kier molecular flexibility index (Phi) is 1.96. The third kappa shape index (κ3) is 0.852. The first-order chi connectivity index (χ1) is 6.49. The first-order valence-corrected chi connectivity index (χ1v) is 5.82. The molecule has 0 radical (unpaired) electrons. The minimum Gasteiger partial charge on any atom is -0.0839 e. The Balaban J connectivity index is 2.60. The summed E-state index contributed by atoms with van der Waals surface area (Å²) in [6.45, 7) is 11.7. The van der Waals surface area contributed by atoms with Crippen molar-refractivity contribution in [2.75, 3.05) is 0 Å². The predicted molar refractivity (Wildman–Crippen MR) is 62.1 cm³/mol. The van der Waals surface area contributed by atoms with Crippen molar-refractivity contribution in [3.8, 4) is 0 Å². The molecule has 0 amide bonds. The lowest BCUT2D eigenvalue weighted by Gasteiger charge is -2.35. The third-order valence-corrected chi connectivity index (χ3v) is 5.11. The highest BCUT2D eigenvalue weighted by atomic mass is 14.6. The van der Waals surface area contributed by atoms with Crippen molar-refractivity contribution in [2.45, 2.75) is 47.5 Å². The second kappa shape index (κ2) is 2.74. The van der Waals surface area contributed by atoms with E-state index >= 15 is 0 Å². The summed E-state index contributed by atoms with van der Waals surface area (Å²) in [5, 5.41) is 0. The van der Waals surface area contributed by atoms with Gasteiger partial charge in [-0.1, -0.05) is 32.9 Å². The molecule has 2 rings (SSSR count). The quantitative estimate of drug-likeness (QED) is 0.533. The fraction of sp³-hybridized carbons (Fsp3) is 0.714. The van der Waals surface area contributed by atoms with Crippen LogP contribution < -0.4 is 0 Å². The smallest absolute Gasteiger partial charge is 0.00186 e. The van der Waals surface area contributed by atoms with E-state index < -0.39 is 0 Å². The molecule has 0 aromatic heterocycles. The van der Waals surface area contributed by atoms with Gasteiger partial charge in [-0.05, 0) is 54.6 Å². The van der Waals surface area contributed by atoms with Gasteiger partial charge in [-0.3, -0.25) is 0 Å². The summed E-state index contributed by atoms with van der Waals surface area (Å²) in [6.07, 6.45) is 7.45. The maximum atomic E-state index is 2.46. The minimum absolute atomic E-state index is 0.439. The standard InChI is InChI=1S/C14H22/c1-6-10-11(7-2)14(5)9-8-12(10)13(14,3)4/h6-7,12H,8-9H2,1-5H3/b10-6-,11-7+. The van der Waals surface area contributed by atoms with Crippen LogP contribution in [0.15, 0.2) is 23.3 Å². The second-order valence-electron chi connectivity index (χ2n) is 5.59. The summed E-state index contributed by atoms with van der Waals surface area (Å²) in [5.74, 6) is 0.809. The van der Waals surface area contributed by atoms with E-state index in [0.29, 0.717) is 10.8 Å². The summed E-state index contributed by atoms with van der Waals surface area (Å²) in [5.41, 5.74) is 4.16. The Morgan fingerprint density at radius 3 is 2.21 bits per heavy atom. The highest BCUT2D eigenvalue weighted by molar-refractivity contribution is 5.49. The summed E-state index contributed by atoms with van der Waals surface area (Å²) >= 11 is 0. The van der Waals surface area contributed by atoms with Gasteiger partial charge in [0.15, 0.2) is 0 Å². The fourth-order valence-corrected chi connectivity index (χ4v) is 3.87. The molecule has 0 saturated heterocycles. The van der Waals surface area contributed by atoms with E-state index in [4.69, 9.17) is 0 Å². The van der Waals surface area contributed by atoms with Crippen molar-refractivity contribution in [3.63, 3.8) is 0 Å². The van der Waals surface area contributed by atoms with E-state index in [2.05, 4.69) is 46.8 Å². The number of hydrogen-bond acceptors (Lipinski definition) is 0. The van der Waals surface area contributed by atoms with Crippen LogP contribution in [0.25, 0.3) is 0 Å². The van der Waals surface area contributed by atoms with Gasteiger partial charge in [0.25, 0.3) is 0 Å². The molecule has 2 aliphatic carbocycles. The zero-order valence-electron chi connectivity index (χ0n) is 10.1. The summed E-state index contributed by atoms with van der Waals surface area (Å²) in [6, 6.07) is 0. The predicted octanol–water partition coefficient (Wildman–Crippen LogP) is 4.34. The largest absolute Gasteiger partial charge is 0.0839 e. The van der Waals surface area contributed by atoms with Gasteiger partial charge >= 0.3 is 0 Å². The van der Waals surface area contributed by atoms with Gasteiger partial charge in [-0.2, -0.15) is 0 Å². The number of rotatable bonds is 0. The van der Waals surface area contributed by atoms with Gasteiger partial charge < -0.3 is 0 Å². The van der Waals surface area contributed by atoms with E-state index in [0.717, 1.165) is 5.92 Å². The Morgan fingerprint density at radius 1 is 1.14 bits per heavy atom. The van der Waals surface area contributed by atoms with Crippen LogP contribution >= 0.6 is 0 Å². The normalized spacial score (nSPS) is 45.4. The average Bonchev–Trinajstić information content (AvgIpc) is 2.46. The van der Waals surface area contributed by atoms with Gasteiger partial charge in [0.2, 0.25) is 0 Å². The minimum atomic E-state index is 0.439. The van der Waals surface area contributed by atoms with Crippen LogP contribution in [0, 0.1) is 16.7 Å². The molecule has 2 atom stereocenters. The molecule has 0 N–H and O–H groups in total. The van der Waals surface area contributed by atoms with Crippen LogP contribution in [0.1, 0.15) is 47.5 Å². The zero-order valence-corrected chi connectivity index (χ0v) is 10.1. The maximum absolute atomic E-state index is 2.46. The molecule has 0 aromatic rings. The fourth-order valence-electron chi connectivity index (χ4n) is 3.87. The van der Waals surface area contributed by atoms with Gasteiger partial charge in [-0.25, -0.2) is 0 Å². The molecular weight excluding hydrogens is 168 g/mol. The van der Waals surface area contributed by atoms with Crippen molar-refractivity contribution in [2.24, 2.45) is 16.7 Å². The number of allylic oxidation sites excluding steroid dienone is 4. The number of hydrogen-bond donors (Lipinski definition) is 0. The molecule has 78 valence electrons. The number of fused-ring (bicyclic) bond motifs is 2. The van der Waals surface area contributed by atoms with Crippen LogP contribution in [0.4, 0.5) is 0 Å². The van der Waals surface area contributed by atoms with E-state index in [1.807, 2.05) is 0 Å². The highest BCUT2D eigenvalue weighted by Gasteiger charge is 2.60. The van der Waals surface area contributed by atoms with Gasteiger partial charge in [-0.15, -0.1) is 0 Å². The lowest BCUT2D eigenvalue weighted by Crippen LogP contribution is -2.27. The molecule has 2 bridgehead atoms. The Hall–Kier alpha value is -0.520. The molecule has 2 saturated carbocycles. The average molecular weight is 190 g/mol. The van der Waals surface area contributed by atoms with E-state index in [-0.39, 0.29) is 0 Å². The molecular formula is C14H22. The van der Waals surface area contributed by atoms with Crippen LogP contribution in [0.5, 0.6) is 0 Å². The van der Waals surface area contributed by atoms with E-state index in [1.165, 1.54) is 12.8 Å². The van der Waals surface area contributed by atoms with Gasteiger partial charge in [0.1, 0.15) is 0 Å². The second-order valence-corrected chi connectivity index (χ2v) is 5.59. The first-order valence-electron chi connectivity index (χ1n) is 5.82. The molecule has 2 aliphatic rings. The molecule has 2 fully saturated rings. The van der Waals surface area contributed by atoms with Crippen LogP contribution in [0.3, 0.4) is 0 Å². The van der Waals surface area contributed by atoms with Gasteiger partial charge in [0.05, 0.1) is 0 Å². The molecule has 0 nitrogen and oxygen atoms in total. The lowest BCUT2D eigenvalue weighted by atomic mass is 9.69. The third-order valence-electron chi connectivity index (χ3n) is 5.11. The van der Waals surface area contributed by atoms with Crippen molar-refractivity contribution >= 4 is 0 Å². The Labute approximate surface area is 88.1 Å². The van der Waals surface area contributed by atoms with Crippen molar-refractivity contribution in [1.29, 1.82) is 0 Å². The van der Waals surface area contributed by atoms with Crippen LogP contribution in [-0.4, -0.2) is 0 Å². The maximum Gasteiger partial charge on any atom is -0.00186 e. The molecule has 0 aliphatic heterocycles. The monoisotopic (exact) mass is 190 g/mol. The van der Waals surface area contributed by atoms with Crippen molar-refractivity contribution < 1.29 is 0 Å². The summed E-state index contributed by atoms with van der Waals surface area (Å²) in [7, 11) is 0. The van der Waals surface area contributed by atoms with Crippen molar-refractivity contribution in [1.82, 2.24) is 0 Å². The highest BCUT2D eigenvalue weighted by Crippen LogP contribution is 2.69. The van der Waals surface area contributed by atoms with E-state index in [9.17, 15) is 0 Å². The molecule has 0 spiro atoms. The molecule has 0 heteroatoms. The van der Waals surface area contributed by atoms with Gasteiger partial charge in [0, 0.05) is 0 Å². The van der Waals surface area contributed by atoms with Crippen molar-refractivity contribution in [3.05, 3.63) is 23.3 Å². The topological polar surface area (TPSA) is 0 Å². The SMILES string of the molecule is C/C=C1/C(=C\C)C2(C)CCC1C2(C)C. The van der Waals surface area contributed by atoms with Crippen LogP contribution in [0.2, 0.25) is 0 Å². The molecule has 2 unspecified atom stereocenters. The lowest BCUT2D eigenvalue weighted by molar-refractivity contribution is 0.182. The molecule has 14 heavy (non-hydrogen) atoms. The zero-order chi connectivity index (χ0) is 10.6. The van der Waals surface area contributed by atoms with E-state index in [1.54, 1.807) is 11.1 Å². The summed E-state index contributed by atoms with van der Waals surface area (Å²) in [4.78, 5) is 0. The Morgan fingerprint density at radius 2 is 1.79 bits per heavy atom.